The molecule has 1 aliphatic rings. The maximum atomic E-state index is 12.5. The summed E-state index contributed by atoms with van der Waals surface area (Å²) >= 11 is 2.98. The number of aliphatic imine (C=N–C) groups is 1. The Morgan fingerprint density at radius 3 is 2.78 bits per heavy atom. The van der Waals surface area contributed by atoms with Crippen molar-refractivity contribution >= 4 is 29.1 Å². The van der Waals surface area contributed by atoms with E-state index < -0.39 is 11.9 Å². The lowest BCUT2D eigenvalue weighted by molar-refractivity contribution is -0.140. The van der Waals surface area contributed by atoms with Crippen molar-refractivity contribution in [2.45, 2.75) is 31.2 Å². The number of aromatic nitrogens is 1. The fourth-order valence-corrected chi connectivity index (χ4v) is 4.28. The molecule has 0 amide bonds. The molecule has 23 heavy (non-hydrogen) atoms. The number of hydrogen-bond acceptors (Lipinski definition) is 4. The summed E-state index contributed by atoms with van der Waals surface area (Å²) in [6, 6.07) is 0. The fourth-order valence-electron chi connectivity index (χ4n) is 2.37. The van der Waals surface area contributed by atoms with E-state index in [0.29, 0.717) is 18.0 Å². The Morgan fingerprint density at radius 1 is 1.48 bits per heavy atom. The Bertz CT molecular complexity index is 554. The number of thiazole rings is 1. The fraction of sp³-hybridized carbons (Fsp3) is 0.714. The van der Waals surface area contributed by atoms with Crippen LogP contribution in [-0.2, 0) is 12.6 Å². The van der Waals surface area contributed by atoms with Gasteiger partial charge in [-0.05, 0) is 13.8 Å². The number of guanidine groups is 1. The van der Waals surface area contributed by atoms with Gasteiger partial charge in [-0.15, -0.1) is 11.3 Å². The summed E-state index contributed by atoms with van der Waals surface area (Å²) < 4.78 is 37.7. The molecule has 0 spiro atoms. The van der Waals surface area contributed by atoms with Crippen molar-refractivity contribution in [3.63, 3.8) is 0 Å². The SMILES string of the molecule is CN=C(NCCc1nc(C(F)(F)F)cs1)N1CCSC(C)(C)C1. The van der Waals surface area contributed by atoms with Gasteiger partial charge in [-0.3, -0.25) is 4.99 Å². The lowest BCUT2D eigenvalue weighted by atomic mass is 10.2. The second-order valence-electron chi connectivity index (χ2n) is 5.88. The second-order valence-corrected chi connectivity index (χ2v) is 8.62. The van der Waals surface area contributed by atoms with Crippen LogP contribution in [0.5, 0.6) is 0 Å². The maximum Gasteiger partial charge on any atom is 0.434 e. The van der Waals surface area contributed by atoms with Crippen molar-refractivity contribution in [1.29, 1.82) is 0 Å². The van der Waals surface area contributed by atoms with Crippen LogP contribution in [0.15, 0.2) is 10.4 Å². The van der Waals surface area contributed by atoms with Gasteiger partial charge in [-0.1, -0.05) is 0 Å². The minimum absolute atomic E-state index is 0.173. The zero-order valence-corrected chi connectivity index (χ0v) is 15.0. The Hall–Kier alpha value is -0.960. The van der Waals surface area contributed by atoms with Crippen molar-refractivity contribution in [1.82, 2.24) is 15.2 Å². The van der Waals surface area contributed by atoms with Gasteiger partial charge in [0.25, 0.3) is 0 Å². The number of alkyl halides is 3. The highest BCUT2D eigenvalue weighted by atomic mass is 32.2. The van der Waals surface area contributed by atoms with Gasteiger partial charge in [0.1, 0.15) is 0 Å². The molecule has 4 nitrogen and oxygen atoms in total. The number of nitrogens with one attached hydrogen (secondary N) is 1. The average molecular weight is 366 g/mol. The summed E-state index contributed by atoms with van der Waals surface area (Å²) in [4.78, 5) is 10.1. The standard InChI is InChI=1S/C14H21F3N4S2/c1-13(2)9-21(6-7-23-13)12(18-3)19-5-4-11-20-10(8-22-11)14(15,16)17/h8H,4-7,9H2,1-3H3,(H,18,19). The number of nitrogens with zero attached hydrogens (tertiary/aromatic N) is 3. The lowest BCUT2D eigenvalue weighted by Gasteiger charge is -2.39. The largest absolute Gasteiger partial charge is 0.434 e. The molecule has 1 saturated heterocycles. The summed E-state index contributed by atoms with van der Waals surface area (Å²) in [6.07, 6.45) is -3.92. The van der Waals surface area contributed by atoms with Gasteiger partial charge in [0, 0.05) is 49.0 Å². The third kappa shape index (κ3) is 5.27. The van der Waals surface area contributed by atoms with Crippen molar-refractivity contribution in [3.05, 3.63) is 16.1 Å². The molecule has 0 aromatic carbocycles. The molecule has 130 valence electrons. The van der Waals surface area contributed by atoms with E-state index in [1.54, 1.807) is 7.05 Å². The van der Waals surface area contributed by atoms with Gasteiger partial charge in [0.15, 0.2) is 11.7 Å². The highest BCUT2D eigenvalue weighted by molar-refractivity contribution is 8.00. The van der Waals surface area contributed by atoms with E-state index in [9.17, 15) is 13.2 Å². The van der Waals surface area contributed by atoms with Gasteiger partial charge >= 0.3 is 6.18 Å². The molecule has 2 heterocycles. The highest BCUT2D eigenvalue weighted by Gasteiger charge is 2.33. The molecule has 0 bridgehead atoms. The summed E-state index contributed by atoms with van der Waals surface area (Å²) in [5.41, 5.74) is -0.809. The Kier molecular flexibility index (Phi) is 5.83. The van der Waals surface area contributed by atoms with Crippen LogP contribution in [-0.4, -0.2) is 53.0 Å². The summed E-state index contributed by atoms with van der Waals surface area (Å²) in [5, 5.41) is 4.77. The van der Waals surface area contributed by atoms with Crippen LogP contribution in [0.2, 0.25) is 0 Å². The van der Waals surface area contributed by atoms with Crippen molar-refractivity contribution < 1.29 is 13.2 Å². The predicted molar refractivity (Wildman–Crippen MR) is 90.3 cm³/mol. The molecule has 0 unspecified atom stereocenters. The Morgan fingerprint density at radius 2 is 2.22 bits per heavy atom. The van der Waals surface area contributed by atoms with E-state index in [2.05, 4.69) is 34.0 Å². The molecule has 1 aromatic heterocycles. The van der Waals surface area contributed by atoms with Crippen LogP contribution in [0.25, 0.3) is 0 Å². The number of halogens is 3. The van der Waals surface area contributed by atoms with Crippen LogP contribution in [0.1, 0.15) is 24.5 Å². The predicted octanol–water partition coefficient (Wildman–Crippen LogP) is 3.11. The highest BCUT2D eigenvalue weighted by Crippen LogP contribution is 2.30. The molecule has 0 radical (unpaired) electrons. The van der Waals surface area contributed by atoms with Crippen LogP contribution in [0.3, 0.4) is 0 Å². The molecule has 1 fully saturated rings. The third-order valence-corrected chi connectivity index (χ3v) is 5.61. The minimum atomic E-state index is -4.37. The molecule has 0 aliphatic carbocycles. The molecule has 1 aromatic rings. The van der Waals surface area contributed by atoms with Crippen LogP contribution in [0.4, 0.5) is 13.2 Å². The summed E-state index contributed by atoms with van der Waals surface area (Å²) in [6.45, 7) is 6.73. The zero-order valence-electron chi connectivity index (χ0n) is 13.4. The van der Waals surface area contributed by atoms with E-state index in [-0.39, 0.29) is 4.75 Å². The van der Waals surface area contributed by atoms with E-state index in [4.69, 9.17) is 0 Å². The second kappa shape index (κ2) is 7.29. The van der Waals surface area contributed by atoms with E-state index in [1.807, 2.05) is 11.8 Å². The Balaban J connectivity index is 1.86. The zero-order chi connectivity index (χ0) is 17.1. The first-order chi connectivity index (χ1) is 10.7. The van der Waals surface area contributed by atoms with E-state index in [0.717, 1.165) is 41.5 Å². The normalized spacial score (nSPS) is 19.0. The topological polar surface area (TPSA) is 40.5 Å². The van der Waals surface area contributed by atoms with Crippen molar-refractivity contribution in [2.75, 3.05) is 32.4 Å². The first kappa shape index (κ1) is 18.4. The molecular formula is C14H21F3N4S2. The van der Waals surface area contributed by atoms with Gasteiger partial charge in [-0.25, -0.2) is 4.98 Å². The number of rotatable bonds is 3. The van der Waals surface area contributed by atoms with Crippen molar-refractivity contribution in [3.8, 4) is 0 Å². The molecule has 1 N–H and O–H groups in total. The summed E-state index contributed by atoms with van der Waals surface area (Å²) in [7, 11) is 1.72. The molecule has 9 heteroatoms. The first-order valence-corrected chi connectivity index (χ1v) is 9.19. The van der Waals surface area contributed by atoms with Crippen LogP contribution in [0, 0.1) is 0 Å². The molecular weight excluding hydrogens is 345 g/mol. The van der Waals surface area contributed by atoms with Gasteiger partial charge in [0.05, 0.1) is 5.01 Å². The molecule has 0 saturated carbocycles. The summed E-state index contributed by atoms with van der Waals surface area (Å²) in [5.74, 6) is 1.83. The van der Waals surface area contributed by atoms with Gasteiger partial charge in [0.2, 0.25) is 0 Å². The average Bonchev–Trinajstić information content (AvgIpc) is 2.91. The molecule has 1 aliphatic heterocycles. The quantitative estimate of drug-likeness (QED) is 0.659. The maximum absolute atomic E-state index is 12.5. The third-order valence-electron chi connectivity index (χ3n) is 3.40. The van der Waals surface area contributed by atoms with Crippen molar-refractivity contribution in [2.24, 2.45) is 4.99 Å². The van der Waals surface area contributed by atoms with Crippen LogP contribution >= 0.6 is 23.1 Å². The minimum Gasteiger partial charge on any atom is -0.356 e. The Labute approximate surface area is 142 Å². The van der Waals surface area contributed by atoms with E-state index in [1.165, 1.54) is 0 Å². The van der Waals surface area contributed by atoms with Gasteiger partial charge in [-0.2, -0.15) is 24.9 Å². The lowest BCUT2D eigenvalue weighted by Crippen LogP contribution is -2.51. The van der Waals surface area contributed by atoms with E-state index >= 15 is 0 Å². The number of thioether (sulfide) groups is 1. The first-order valence-electron chi connectivity index (χ1n) is 7.32. The van der Waals surface area contributed by atoms with Crippen LogP contribution < -0.4 is 5.32 Å². The smallest absolute Gasteiger partial charge is 0.356 e. The number of hydrogen-bond donors (Lipinski definition) is 1. The molecule has 0 atom stereocenters. The monoisotopic (exact) mass is 366 g/mol. The molecule has 2 rings (SSSR count). The van der Waals surface area contributed by atoms with Gasteiger partial charge < -0.3 is 10.2 Å².